The lowest BCUT2D eigenvalue weighted by molar-refractivity contribution is -0.121. The molecule has 1 unspecified atom stereocenters. The number of anilines is 2. The molecule has 1 rings (SSSR count). The van der Waals surface area contributed by atoms with E-state index in [9.17, 15) is 9.59 Å². The largest absolute Gasteiger partial charge is 0.465 e. The van der Waals surface area contributed by atoms with E-state index in [0.717, 1.165) is 0 Å². The topological polar surface area (TPSA) is 106 Å². The molecule has 7 heteroatoms. The Kier molecular flexibility index (Phi) is 5.95. The zero-order valence-electron chi connectivity index (χ0n) is 12.8. The molecule has 1 aromatic rings. The van der Waals surface area contributed by atoms with Gasteiger partial charge < -0.3 is 21.1 Å². The summed E-state index contributed by atoms with van der Waals surface area (Å²) in [6, 6.07) is 0.920. The highest BCUT2D eigenvalue weighted by atomic mass is 16.5. The number of hydrogen-bond acceptors (Lipinski definition) is 6. The summed E-state index contributed by atoms with van der Waals surface area (Å²) in [5, 5.41) is 5.70. The molecule has 0 fully saturated rings. The molecule has 1 aromatic heterocycles. The summed E-state index contributed by atoms with van der Waals surface area (Å²) in [6.45, 7) is 6.29. The third-order valence-electron chi connectivity index (χ3n) is 2.75. The minimum Gasteiger partial charge on any atom is -0.465 e. The summed E-state index contributed by atoms with van der Waals surface area (Å²) < 4.78 is 4.68. The molecular formula is C14H22N4O3. The standard InChI is InChI=1S/C14H22N4O3/c1-8(2)6-17-13(19)9(3)18-12-11(14(20)21-4)5-10(15)7-16-12/h5,7-9H,6,15H2,1-4H3,(H,16,18)(H,17,19). The maximum Gasteiger partial charge on any atom is 0.341 e. The minimum absolute atomic E-state index is 0.168. The Labute approximate surface area is 124 Å². The van der Waals surface area contributed by atoms with Crippen LogP contribution in [0.3, 0.4) is 0 Å². The van der Waals surface area contributed by atoms with E-state index < -0.39 is 12.0 Å². The van der Waals surface area contributed by atoms with E-state index in [0.29, 0.717) is 18.2 Å². The fourth-order valence-electron chi connectivity index (χ4n) is 1.59. The maximum absolute atomic E-state index is 11.9. The molecule has 0 aliphatic carbocycles. The summed E-state index contributed by atoms with van der Waals surface area (Å²) in [6.07, 6.45) is 1.41. The molecule has 4 N–H and O–H groups in total. The Balaban J connectivity index is 2.82. The average molecular weight is 294 g/mol. The zero-order valence-corrected chi connectivity index (χ0v) is 12.8. The highest BCUT2D eigenvalue weighted by Gasteiger charge is 2.19. The average Bonchev–Trinajstić information content (AvgIpc) is 2.45. The fourth-order valence-corrected chi connectivity index (χ4v) is 1.59. The third-order valence-corrected chi connectivity index (χ3v) is 2.75. The van der Waals surface area contributed by atoms with E-state index in [1.165, 1.54) is 19.4 Å². The SMILES string of the molecule is COC(=O)c1cc(N)cnc1NC(C)C(=O)NCC(C)C. The van der Waals surface area contributed by atoms with Crippen molar-refractivity contribution in [1.82, 2.24) is 10.3 Å². The summed E-state index contributed by atoms with van der Waals surface area (Å²) >= 11 is 0. The van der Waals surface area contributed by atoms with Gasteiger partial charge in [-0.2, -0.15) is 0 Å². The van der Waals surface area contributed by atoms with Gasteiger partial charge in [-0.1, -0.05) is 13.8 Å². The number of hydrogen-bond donors (Lipinski definition) is 3. The Morgan fingerprint density at radius 1 is 1.38 bits per heavy atom. The summed E-state index contributed by atoms with van der Waals surface area (Å²) in [5.74, 6) is -0.102. The number of aromatic nitrogens is 1. The third kappa shape index (κ3) is 4.94. The highest BCUT2D eigenvalue weighted by Crippen LogP contribution is 2.17. The van der Waals surface area contributed by atoms with E-state index in [1.807, 2.05) is 13.8 Å². The van der Waals surface area contributed by atoms with Crippen molar-refractivity contribution in [2.24, 2.45) is 5.92 Å². The van der Waals surface area contributed by atoms with Gasteiger partial charge in [0.1, 0.15) is 17.4 Å². The van der Waals surface area contributed by atoms with Gasteiger partial charge in [-0.25, -0.2) is 9.78 Å². The predicted octanol–water partition coefficient (Wildman–Crippen LogP) is 1.02. The molecule has 0 radical (unpaired) electrons. The van der Waals surface area contributed by atoms with Crippen molar-refractivity contribution in [1.29, 1.82) is 0 Å². The van der Waals surface area contributed by atoms with Crippen LogP contribution in [0.2, 0.25) is 0 Å². The second kappa shape index (κ2) is 7.47. The number of esters is 1. The van der Waals surface area contributed by atoms with Crippen molar-refractivity contribution < 1.29 is 14.3 Å². The number of pyridine rings is 1. The van der Waals surface area contributed by atoms with E-state index in [2.05, 4.69) is 20.4 Å². The van der Waals surface area contributed by atoms with Gasteiger partial charge in [0.05, 0.1) is 19.0 Å². The molecular weight excluding hydrogens is 272 g/mol. The number of rotatable bonds is 6. The molecule has 0 aliphatic rings. The summed E-state index contributed by atoms with van der Waals surface area (Å²) in [7, 11) is 1.27. The van der Waals surface area contributed by atoms with E-state index in [-0.39, 0.29) is 17.3 Å². The molecule has 0 bridgehead atoms. The number of nitrogen functional groups attached to an aromatic ring is 1. The zero-order chi connectivity index (χ0) is 16.0. The highest BCUT2D eigenvalue weighted by molar-refractivity contribution is 5.96. The van der Waals surface area contributed by atoms with Gasteiger partial charge in [0.2, 0.25) is 5.91 Å². The second-order valence-electron chi connectivity index (χ2n) is 5.16. The summed E-state index contributed by atoms with van der Waals surface area (Å²) in [4.78, 5) is 27.7. The molecule has 7 nitrogen and oxygen atoms in total. The first-order valence-corrected chi connectivity index (χ1v) is 6.73. The van der Waals surface area contributed by atoms with E-state index >= 15 is 0 Å². The Hall–Kier alpha value is -2.31. The number of amides is 1. The molecule has 0 saturated carbocycles. The Morgan fingerprint density at radius 3 is 2.62 bits per heavy atom. The maximum atomic E-state index is 11.9. The number of ether oxygens (including phenoxy) is 1. The normalized spacial score (nSPS) is 11.9. The quantitative estimate of drug-likeness (QED) is 0.676. The number of nitrogens with one attached hydrogen (secondary N) is 2. The molecule has 0 aromatic carbocycles. The van der Waals surface area contributed by atoms with Crippen LogP contribution in [0.4, 0.5) is 11.5 Å². The monoisotopic (exact) mass is 294 g/mol. The number of carbonyl (C=O) groups excluding carboxylic acids is 2. The van der Waals surface area contributed by atoms with Crippen LogP contribution >= 0.6 is 0 Å². The number of nitrogens with two attached hydrogens (primary N) is 1. The van der Waals surface area contributed by atoms with Crippen molar-refractivity contribution in [2.75, 3.05) is 24.7 Å². The number of nitrogens with zero attached hydrogens (tertiary/aromatic N) is 1. The van der Waals surface area contributed by atoms with Gasteiger partial charge in [0.25, 0.3) is 0 Å². The molecule has 1 heterocycles. The van der Waals surface area contributed by atoms with Crippen LogP contribution in [-0.4, -0.2) is 36.6 Å². The van der Waals surface area contributed by atoms with Crippen LogP contribution in [0, 0.1) is 5.92 Å². The lowest BCUT2D eigenvalue weighted by atomic mass is 10.2. The number of carbonyl (C=O) groups is 2. The molecule has 0 spiro atoms. The van der Waals surface area contributed by atoms with Crippen molar-refractivity contribution in [2.45, 2.75) is 26.8 Å². The van der Waals surface area contributed by atoms with Crippen molar-refractivity contribution in [3.63, 3.8) is 0 Å². The van der Waals surface area contributed by atoms with Crippen LogP contribution in [0.15, 0.2) is 12.3 Å². The van der Waals surface area contributed by atoms with Gasteiger partial charge >= 0.3 is 5.97 Å². The molecule has 0 saturated heterocycles. The van der Waals surface area contributed by atoms with Crippen LogP contribution < -0.4 is 16.4 Å². The molecule has 116 valence electrons. The smallest absolute Gasteiger partial charge is 0.341 e. The molecule has 1 atom stereocenters. The molecule has 1 amide bonds. The lowest BCUT2D eigenvalue weighted by Crippen LogP contribution is -2.39. The van der Waals surface area contributed by atoms with Crippen LogP contribution in [0.25, 0.3) is 0 Å². The predicted molar refractivity (Wildman–Crippen MR) is 80.9 cm³/mol. The van der Waals surface area contributed by atoms with Gasteiger partial charge in [-0.15, -0.1) is 0 Å². The van der Waals surface area contributed by atoms with E-state index in [1.54, 1.807) is 6.92 Å². The molecule has 21 heavy (non-hydrogen) atoms. The van der Waals surface area contributed by atoms with Gasteiger partial charge in [-0.05, 0) is 18.9 Å². The van der Waals surface area contributed by atoms with Crippen molar-refractivity contribution in [3.8, 4) is 0 Å². The lowest BCUT2D eigenvalue weighted by Gasteiger charge is -2.17. The second-order valence-corrected chi connectivity index (χ2v) is 5.16. The van der Waals surface area contributed by atoms with Gasteiger partial charge in [0, 0.05) is 6.54 Å². The minimum atomic E-state index is -0.563. The Morgan fingerprint density at radius 2 is 2.05 bits per heavy atom. The van der Waals surface area contributed by atoms with Gasteiger partial charge in [-0.3, -0.25) is 4.79 Å². The van der Waals surface area contributed by atoms with Crippen LogP contribution in [0.5, 0.6) is 0 Å². The van der Waals surface area contributed by atoms with E-state index in [4.69, 9.17) is 5.73 Å². The first-order valence-electron chi connectivity index (χ1n) is 6.73. The van der Waals surface area contributed by atoms with Crippen LogP contribution in [-0.2, 0) is 9.53 Å². The van der Waals surface area contributed by atoms with Crippen LogP contribution in [0.1, 0.15) is 31.1 Å². The molecule has 0 aliphatic heterocycles. The van der Waals surface area contributed by atoms with Crippen molar-refractivity contribution in [3.05, 3.63) is 17.8 Å². The first kappa shape index (κ1) is 16.7. The van der Waals surface area contributed by atoms with Gasteiger partial charge in [0.15, 0.2) is 0 Å². The number of methoxy groups -OCH3 is 1. The first-order chi connectivity index (χ1) is 9.85. The van der Waals surface area contributed by atoms with Crippen molar-refractivity contribution >= 4 is 23.4 Å². The summed E-state index contributed by atoms with van der Waals surface area (Å²) in [5.41, 5.74) is 6.15. The fraction of sp³-hybridized carbons (Fsp3) is 0.500. The Bertz CT molecular complexity index is 517.